The molecule has 2 aromatic rings. The molecule has 0 heterocycles. The Hall–Kier alpha value is -2.31. The number of likely N-dealkylation sites (N-methyl/N-ethyl adjacent to an activating group) is 1. The van der Waals surface area contributed by atoms with Crippen molar-refractivity contribution in [3.8, 4) is 5.75 Å². The van der Waals surface area contributed by atoms with Crippen LogP contribution in [0.3, 0.4) is 0 Å². The van der Waals surface area contributed by atoms with Gasteiger partial charge >= 0.3 is 0 Å². The molecule has 0 aliphatic rings. The Balaban J connectivity index is 2.15. The van der Waals surface area contributed by atoms with E-state index in [-0.39, 0.29) is 34.7 Å². The number of hydrogen-bond acceptors (Lipinski definition) is 3. The van der Waals surface area contributed by atoms with Gasteiger partial charge in [0.05, 0.1) is 17.7 Å². The first kappa shape index (κ1) is 24.0. The Morgan fingerprint density at radius 3 is 2.43 bits per heavy atom. The van der Waals surface area contributed by atoms with Crippen molar-refractivity contribution in [1.29, 1.82) is 0 Å². The molecular weight excluding hydrogens is 430 g/mol. The van der Waals surface area contributed by atoms with Gasteiger partial charge in [0.1, 0.15) is 6.04 Å². The van der Waals surface area contributed by atoms with E-state index in [4.69, 9.17) is 27.9 Å². The summed E-state index contributed by atoms with van der Waals surface area (Å²) >= 11 is 12.0. The molecule has 2 rings (SSSR count). The van der Waals surface area contributed by atoms with Crippen LogP contribution in [0.25, 0.3) is 0 Å². The largest absolute Gasteiger partial charge is 0.494 e. The number of nitrogens with zero attached hydrogens (tertiary/aromatic N) is 1. The molecule has 0 saturated carbocycles. The van der Waals surface area contributed by atoms with E-state index in [0.717, 1.165) is 0 Å². The lowest BCUT2D eigenvalue weighted by molar-refractivity contribution is -0.132. The van der Waals surface area contributed by atoms with Gasteiger partial charge in [0, 0.05) is 18.6 Å². The number of rotatable bonds is 8. The van der Waals surface area contributed by atoms with E-state index in [0.29, 0.717) is 17.0 Å². The van der Waals surface area contributed by atoms with Crippen LogP contribution in [0.2, 0.25) is 10.0 Å². The smallest absolute Gasteiger partial charge is 0.253 e. The van der Waals surface area contributed by atoms with Gasteiger partial charge in [-0.05, 0) is 48.2 Å². The standard InChI is InChI=1S/C22H25Cl2FN2O3/c1-13(2)9-19(26-21(28)16-7-6-15(23)11-17(16)24)22(29)27(3)12-14-5-8-20(30-4)18(25)10-14/h5-8,10-11,13,19H,9,12H2,1-4H3,(H,26,28). The number of amides is 2. The van der Waals surface area contributed by atoms with Gasteiger partial charge < -0.3 is 15.0 Å². The van der Waals surface area contributed by atoms with Crippen molar-refractivity contribution in [2.24, 2.45) is 5.92 Å². The first-order chi connectivity index (χ1) is 14.1. The third-order valence-corrected chi connectivity index (χ3v) is 5.05. The van der Waals surface area contributed by atoms with Gasteiger partial charge in [-0.3, -0.25) is 9.59 Å². The number of hydrogen-bond donors (Lipinski definition) is 1. The van der Waals surface area contributed by atoms with Gasteiger partial charge in [-0.25, -0.2) is 4.39 Å². The number of carbonyl (C=O) groups is 2. The highest BCUT2D eigenvalue weighted by Gasteiger charge is 2.26. The monoisotopic (exact) mass is 454 g/mol. The quantitative estimate of drug-likeness (QED) is 0.613. The lowest BCUT2D eigenvalue weighted by Crippen LogP contribution is -2.47. The minimum atomic E-state index is -0.752. The first-order valence-corrected chi connectivity index (χ1v) is 10.2. The summed E-state index contributed by atoms with van der Waals surface area (Å²) in [5.41, 5.74) is 0.849. The minimum absolute atomic E-state index is 0.137. The molecule has 0 aromatic heterocycles. The van der Waals surface area contributed by atoms with Gasteiger partial charge in [0.25, 0.3) is 5.91 Å². The van der Waals surface area contributed by atoms with Crippen molar-refractivity contribution in [1.82, 2.24) is 10.2 Å². The number of ether oxygens (including phenoxy) is 1. The highest BCUT2D eigenvalue weighted by molar-refractivity contribution is 6.36. The third-order valence-electron chi connectivity index (χ3n) is 4.50. The maximum Gasteiger partial charge on any atom is 0.253 e. The Labute approximate surface area is 186 Å². The van der Waals surface area contributed by atoms with Gasteiger partial charge in [-0.1, -0.05) is 43.1 Å². The van der Waals surface area contributed by atoms with Crippen LogP contribution in [0.5, 0.6) is 5.75 Å². The Bertz CT molecular complexity index is 921. The molecule has 0 aliphatic heterocycles. The summed E-state index contributed by atoms with van der Waals surface area (Å²) in [6.07, 6.45) is 0.442. The average molecular weight is 455 g/mol. The van der Waals surface area contributed by atoms with Gasteiger partial charge in [-0.2, -0.15) is 0 Å². The molecule has 1 atom stereocenters. The molecular formula is C22H25Cl2FN2O3. The molecule has 30 heavy (non-hydrogen) atoms. The molecule has 0 saturated heterocycles. The maximum absolute atomic E-state index is 14.0. The van der Waals surface area contributed by atoms with Crippen molar-refractivity contribution in [2.45, 2.75) is 32.9 Å². The summed E-state index contributed by atoms with van der Waals surface area (Å²) in [4.78, 5) is 27.2. The predicted octanol–water partition coefficient (Wildman–Crippen LogP) is 4.94. The van der Waals surface area contributed by atoms with Crippen LogP contribution in [0.4, 0.5) is 4.39 Å². The van der Waals surface area contributed by atoms with Crippen LogP contribution in [0.15, 0.2) is 36.4 Å². The van der Waals surface area contributed by atoms with E-state index in [9.17, 15) is 14.0 Å². The molecule has 0 spiro atoms. The summed E-state index contributed by atoms with van der Waals surface area (Å²) in [6, 6.07) is 8.33. The summed E-state index contributed by atoms with van der Waals surface area (Å²) in [5.74, 6) is -0.942. The third kappa shape index (κ3) is 6.34. The van der Waals surface area contributed by atoms with E-state index in [2.05, 4.69) is 5.32 Å². The molecule has 162 valence electrons. The molecule has 2 amide bonds. The second-order valence-electron chi connectivity index (χ2n) is 7.44. The normalized spacial score (nSPS) is 11.9. The van der Waals surface area contributed by atoms with Crippen LogP contribution in [0.1, 0.15) is 36.2 Å². The number of nitrogens with one attached hydrogen (secondary N) is 1. The van der Waals surface area contributed by atoms with E-state index in [1.807, 2.05) is 13.8 Å². The highest BCUT2D eigenvalue weighted by atomic mass is 35.5. The van der Waals surface area contributed by atoms with E-state index >= 15 is 0 Å². The van der Waals surface area contributed by atoms with Crippen molar-refractivity contribution in [3.63, 3.8) is 0 Å². The fourth-order valence-corrected chi connectivity index (χ4v) is 3.52. The van der Waals surface area contributed by atoms with Crippen molar-refractivity contribution in [2.75, 3.05) is 14.2 Å². The minimum Gasteiger partial charge on any atom is -0.494 e. The molecule has 5 nitrogen and oxygen atoms in total. The van der Waals surface area contributed by atoms with Crippen LogP contribution >= 0.6 is 23.2 Å². The van der Waals surface area contributed by atoms with Gasteiger partial charge in [-0.15, -0.1) is 0 Å². The zero-order chi connectivity index (χ0) is 22.4. The molecule has 1 unspecified atom stereocenters. The molecule has 2 aromatic carbocycles. The molecule has 0 bridgehead atoms. The maximum atomic E-state index is 14.0. The van der Waals surface area contributed by atoms with E-state index < -0.39 is 17.8 Å². The number of methoxy groups -OCH3 is 1. The molecule has 0 aliphatic carbocycles. The lowest BCUT2D eigenvalue weighted by atomic mass is 10.0. The second kappa shape index (κ2) is 10.6. The molecule has 8 heteroatoms. The summed E-state index contributed by atoms with van der Waals surface area (Å²) in [5, 5.41) is 3.39. The zero-order valence-electron chi connectivity index (χ0n) is 17.3. The number of carbonyl (C=O) groups excluding carboxylic acids is 2. The summed E-state index contributed by atoms with van der Waals surface area (Å²) in [6.45, 7) is 4.10. The van der Waals surface area contributed by atoms with Crippen molar-refractivity contribution < 1.29 is 18.7 Å². The molecule has 0 radical (unpaired) electrons. The van der Waals surface area contributed by atoms with Crippen molar-refractivity contribution >= 4 is 35.0 Å². The highest BCUT2D eigenvalue weighted by Crippen LogP contribution is 2.22. The Morgan fingerprint density at radius 2 is 1.87 bits per heavy atom. The Morgan fingerprint density at radius 1 is 1.17 bits per heavy atom. The second-order valence-corrected chi connectivity index (χ2v) is 8.29. The summed E-state index contributed by atoms with van der Waals surface area (Å²) in [7, 11) is 3.00. The fourth-order valence-electron chi connectivity index (χ4n) is 3.03. The Kier molecular flexibility index (Phi) is 8.50. The topological polar surface area (TPSA) is 58.6 Å². The van der Waals surface area contributed by atoms with Gasteiger partial charge in [0.2, 0.25) is 5.91 Å². The fraction of sp³-hybridized carbons (Fsp3) is 0.364. The first-order valence-electron chi connectivity index (χ1n) is 9.45. The van der Waals surface area contributed by atoms with E-state index in [1.54, 1.807) is 19.2 Å². The molecule has 1 N–H and O–H groups in total. The van der Waals surface area contributed by atoms with Crippen LogP contribution < -0.4 is 10.1 Å². The van der Waals surface area contributed by atoms with Crippen LogP contribution in [-0.4, -0.2) is 36.9 Å². The SMILES string of the molecule is COc1ccc(CN(C)C(=O)C(CC(C)C)NC(=O)c2ccc(Cl)cc2Cl)cc1F. The van der Waals surface area contributed by atoms with E-state index in [1.165, 1.54) is 36.3 Å². The molecule has 0 fully saturated rings. The lowest BCUT2D eigenvalue weighted by Gasteiger charge is -2.26. The van der Waals surface area contributed by atoms with Gasteiger partial charge in [0.15, 0.2) is 11.6 Å². The van der Waals surface area contributed by atoms with Crippen molar-refractivity contribution in [3.05, 3.63) is 63.4 Å². The predicted molar refractivity (Wildman–Crippen MR) is 117 cm³/mol. The number of halogens is 3. The number of benzene rings is 2. The van der Waals surface area contributed by atoms with Crippen LogP contribution in [-0.2, 0) is 11.3 Å². The summed E-state index contributed by atoms with van der Waals surface area (Å²) < 4.78 is 18.9. The zero-order valence-corrected chi connectivity index (χ0v) is 18.9. The average Bonchev–Trinajstić information content (AvgIpc) is 2.66. The van der Waals surface area contributed by atoms with Crippen LogP contribution in [0, 0.1) is 11.7 Å².